The lowest BCUT2D eigenvalue weighted by atomic mass is 10.0. The summed E-state index contributed by atoms with van der Waals surface area (Å²) in [7, 11) is 0. The maximum atomic E-state index is 12.1. The van der Waals surface area contributed by atoms with Crippen molar-refractivity contribution in [1.29, 1.82) is 0 Å². The molecule has 31 heavy (non-hydrogen) atoms. The first kappa shape index (κ1) is 25.9. The monoisotopic (exact) mass is 437 g/mol. The largest absolute Gasteiger partial charge is 0.458 e. The summed E-state index contributed by atoms with van der Waals surface area (Å²) in [5, 5.41) is 10.3. The van der Waals surface area contributed by atoms with Crippen LogP contribution < -0.4 is 0 Å². The van der Waals surface area contributed by atoms with E-state index in [2.05, 4.69) is 11.8 Å². The molecule has 2 heterocycles. The highest BCUT2D eigenvalue weighted by molar-refractivity contribution is 5.86. The van der Waals surface area contributed by atoms with Gasteiger partial charge in [-0.15, -0.1) is 0 Å². The summed E-state index contributed by atoms with van der Waals surface area (Å²) in [6.45, 7) is 6.48. The Morgan fingerprint density at radius 3 is 2.26 bits per heavy atom. The number of furan rings is 1. The molecule has 0 aromatic carbocycles. The lowest BCUT2D eigenvalue weighted by Crippen LogP contribution is -2.38. The number of carbonyl (C=O) groups is 1. The van der Waals surface area contributed by atoms with Crippen molar-refractivity contribution >= 4 is 5.97 Å². The number of aliphatic hydroxyl groups is 1. The van der Waals surface area contributed by atoms with Crippen LogP contribution in [-0.2, 0) is 9.47 Å². The van der Waals surface area contributed by atoms with Gasteiger partial charge in [0.2, 0.25) is 5.76 Å². The van der Waals surface area contributed by atoms with Crippen LogP contribution in [0.25, 0.3) is 0 Å². The smallest absolute Gasteiger partial charge is 0.374 e. The van der Waals surface area contributed by atoms with Gasteiger partial charge in [0.15, 0.2) is 0 Å². The van der Waals surface area contributed by atoms with Crippen LogP contribution in [0.4, 0.5) is 0 Å². The number of hydrogen-bond acceptors (Lipinski definition) is 6. The Morgan fingerprint density at radius 1 is 1.00 bits per heavy atom. The molecule has 0 radical (unpaired) electrons. The zero-order valence-electron chi connectivity index (χ0n) is 19.5. The Balaban J connectivity index is 1.50. The third-order valence-corrected chi connectivity index (χ3v) is 5.98. The van der Waals surface area contributed by atoms with Crippen molar-refractivity contribution in [2.45, 2.75) is 90.1 Å². The van der Waals surface area contributed by atoms with Gasteiger partial charge in [-0.3, -0.25) is 4.90 Å². The van der Waals surface area contributed by atoms with Crippen LogP contribution in [0.1, 0.15) is 106 Å². The van der Waals surface area contributed by atoms with Crippen LogP contribution in [0.2, 0.25) is 0 Å². The summed E-state index contributed by atoms with van der Waals surface area (Å²) in [5.41, 5.74) is 0. The van der Waals surface area contributed by atoms with E-state index in [1.54, 1.807) is 12.1 Å². The molecule has 1 atom stereocenters. The third-order valence-electron chi connectivity index (χ3n) is 5.98. The van der Waals surface area contributed by atoms with Gasteiger partial charge in [-0.1, -0.05) is 77.6 Å². The average molecular weight is 438 g/mol. The zero-order chi connectivity index (χ0) is 22.2. The van der Waals surface area contributed by atoms with E-state index >= 15 is 0 Å². The summed E-state index contributed by atoms with van der Waals surface area (Å²) >= 11 is 0. The zero-order valence-corrected chi connectivity index (χ0v) is 19.5. The molecule has 6 nitrogen and oxygen atoms in total. The van der Waals surface area contributed by atoms with E-state index < -0.39 is 12.1 Å². The van der Waals surface area contributed by atoms with Crippen molar-refractivity contribution in [2.75, 3.05) is 39.5 Å². The third kappa shape index (κ3) is 11.2. The van der Waals surface area contributed by atoms with Crippen LogP contribution in [0.5, 0.6) is 0 Å². The summed E-state index contributed by atoms with van der Waals surface area (Å²) in [4.78, 5) is 14.4. The highest BCUT2D eigenvalue weighted by Gasteiger charge is 2.18. The van der Waals surface area contributed by atoms with Crippen LogP contribution in [0.3, 0.4) is 0 Å². The van der Waals surface area contributed by atoms with E-state index in [9.17, 15) is 9.90 Å². The van der Waals surface area contributed by atoms with Gasteiger partial charge in [0.1, 0.15) is 18.5 Å². The van der Waals surface area contributed by atoms with Gasteiger partial charge < -0.3 is 19.0 Å². The number of esters is 1. The minimum atomic E-state index is -0.659. The van der Waals surface area contributed by atoms with Gasteiger partial charge in [-0.05, 0) is 18.6 Å². The van der Waals surface area contributed by atoms with Crippen molar-refractivity contribution in [3.8, 4) is 0 Å². The molecular formula is C25H43NO5. The van der Waals surface area contributed by atoms with E-state index in [1.165, 1.54) is 57.8 Å². The van der Waals surface area contributed by atoms with E-state index in [0.29, 0.717) is 25.3 Å². The second-order valence-corrected chi connectivity index (χ2v) is 8.63. The second-order valence-electron chi connectivity index (χ2n) is 8.63. The molecule has 0 saturated carbocycles. The van der Waals surface area contributed by atoms with Gasteiger partial charge in [0.25, 0.3) is 0 Å². The molecule has 1 N–H and O–H groups in total. The quantitative estimate of drug-likeness (QED) is 0.256. The predicted molar refractivity (Wildman–Crippen MR) is 122 cm³/mol. The Kier molecular flexibility index (Phi) is 13.6. The summed E-state index contributed by atoms with van der Waals surface area (Å²) < 4.78 is 16.1. The van der Waals surface area contributed by atoms with Gasteiger partial charge in [-0.2, -0.15) is 0 Å². The number of carbonyl (C=O) groups excluding carboxylic acids is 1. The average Bonchev–Trinajstić information content (AvgIpc) is 3.29. The maximum Gasteiger partial charge on any atom is 0.374 e. The molecule has 0 spiro atoms. The fourth-order valence-electron chi connectivity index (χ4n) is 3.95. The Morgan fingerprint density at radius 2 is 1.61 bits per heavy atom. The first-order valence-corrected chi connectivity index (χ1v) is 12.5. The highest BCUT2D eigenvalue weighted by atomic mass is 16.5. The molecule has 1 aliphatic rings. The van der Waals surface area contributed by atoms with E-state index in [4.69, 9.17) is 13.9 Å². The molecular weight excluding hydrogens is 394 g/mol. The maximum absolute atomic E-state index is 12.1. The van der Waals surface area contributed by atoms with Crippen LogP contribution >= 0.6 is 0 Å². The standard InChI is InChI=1S/C25H43NO5/c1-2-3-4-5-6-7-8-9-10-11-12-13-22(27)23-14-15-24(31-23)25(28)30-21-18-26-16-19-29-20-17-26/h14-15,22,27H,2-13,16-21H2,1H3. The molecule has 1 aliphatic heterocycles. The molecule has 1 fully saturated rings. The number of unbranched alkanes of at least 4 members (excludes halogenated alkanes) is 10. The molecule has 1 unspecified atom stereocenters. The molecule has 6 heteroatoms. The van der Waals surface area contributed by atoms with Gasteiger partial charge in [0.05, 0.1) is 13.2 Å². The summed E-state index contributed by atoms with van der Waals surface area (Å²) in [5.74, 6) is 0.142. The molecule has 1 aromatic heterocycles. The molecule has 1 saturated heterocycles. The molecule has 1 aromatic rings. The van der Waals surface area contributed by atoms with Crippen LogP contribution in [0, 0.1) is 0 Å². The minimum Gasteiger partial charge on any atom is -0.458 e. The second kappa shape index (κ2) is 16.3. The topological polar surface area (TPSA) is 72.1 Å². The van der Waals surface area contributed by atoms with Crippen molar-refractivity contribution in [2.24, 2.45) is 0 Å². The molecule has 0 amide bonds. The minimum absolute atomic E-state index is 0.162. The first-order valence-electron chi connectivity index (χ1n) is 12.5. The highest BCUT2D eigenvalue weighted by Crippen LogP contribution is 2.23. The number of rotatable bonds is 17. The number of hydrogen-bond donors (Lipinski definition) is 1. The van der Waals surface area contributed by atoms with E-state index in [-0.39, 0.29) is 5.76 Å². The van der Waals surface area contributed by atoms with Crippen molar-refractivity contribution in [1.82, 2.24) is 4.90 Å². The molecule has 0 bridgehead atoms. The Hall–Kier alpha value is -1.37. The van der Waals surface area contributed by atoms with Crippen molar-refractivity contribution in [3.05, 3.63) is 23.7 Å². The number of aliphatic hydroxyl groups excluding tert-OH is 1. The SMILES string of the molecule is CCCCCCCCCCCCCC(O)c1ccc(C(=O)OCCN2CCOCC2)o1. The van der Waals surface area contributed by atoms with Crippen molar-refractivity contribution < 1.29 is 23.8 Å². The lowest BCUT2D eigenvalue weighted by Gasteiger charge is -2.25. The number of morpholine rings is 1. The first-order chi connectivity index (χ1) is 15.2. The van der Waals surface area contributed by atoms with Crippen LogP contribution in [-0.4, -0.2) is 55.4 Å². The van der Waals surface area contributed by atoms with Crippen molar-refractivity contribution in [3.63, 3.8) is 0 Å². The fraction of sp³-hybridized carbons (Fsp3) is 0.800. The number of nitrogens with zero attached hydrogens (tertiary/aromatic N) is 1. The van der Waals surface area contributed by atoms with E-state index in [1.807, 2.05) is 0 Å². The normalized spacial score (nSPS) is 15.8. The number of ether oxygens (including phenoxy) is 2. The molecule has 178 valence electrons. The molecule has 0 aliphatic carbocycles. The summed E-state index contributed by atoms with van der Waals surface area (Å²) in [6.07, 6.45) is 14.1. The predicted octanol–water partition coefficient (Wildman–Crippen LogP) is 5.50. The van der Waals surface area contributed by atoms with E-state index in [0.717, 1.165) is 39.1 Å². The lowest BCUT2D eigenvalue weighted by molar-refractivity contribution is 0.0179. The van der Waals surface area contributed by atoms with Gasteiger partial charge in [-0.25, -0.2) is 4.79 Å². The van der Waals surface area contributed by atoms with Crippen LogP contribution in [0.15, 0.2) is 16.5 Å². The Bertz CT molecular complexity index is 582. The van der Waals surface area contributed by atoms with Gasteiger partial charge >= 0.3 is 5.97 Å². The molecule has 2 rings (SSSR count). The fourth-order valence-corrected chi connectivity index (χ4v) is 3.95. The summed E-state index contributed by atoms with van der Waals surface area (Å²) in [6, 6.07) is 3.28. The van der Waals surface area contributed by atoms with Gasteiger partial charge in [0, 0.05) is 19.6 Å². The Labute approximate surface area is 188 Å².